The maximum Gasteiger partial charge on any atom is 0.236 e. The third-order valence-electron chi connectivity index (χ3n) is 3.29. The van der Waals surface area contributed by atoms with Crippen LogP contribution in [0.4, 0.5) is 5.69 Å². The van der Waals surface area contributed by atoms with Crippen LogP contribution in [-0.4, -0.2) is 23.0 Å². The van der Waals surface area contributed by atoms with Crippen molar-refractivity contribution in [2.45, 2.75) is 12.7 Å². The average Bonchev–Trinajstić information content (AvgIpc) is 2.94. The van der Waals surface area contributed by atoms with E-state index in [-0.39, 0.29) is 5.75 Å². The predicted octanol–water partition coefficient (Wildman–Crippen LogP) is 2.52. The largest absolute Gasteiger partial charge is 0.288 e. The minimum Gasteiger partial charge on any atom is -0.288 e. The third kappa shape index (κ3) is 3.75. The summed E-state index contributed by atoms with van der Waals surface area (Å²) in [4.78, 5) is 8.40. The van der Waals surface area contributed by atoms with E-state index in [0.29, 0.717) is 11.5 Å². The van der Waals surface area contributed by atoms with Gasteiger partial charge in [-0.2, -0.15) is 0 Å². The van der Waals surface area contributed by atoms with Crippen LogP contribution in [0.5, 0.6) is 0 Å². The average molecular weight is 328 g/mol. The Hall–Kier alpha value is -2.67. The summed E-state index contributed by atoms with van der Waals surface area (Å²) in [5, 5.41) is 0. The lowest BCUT2D eigenvalue weighted by Gasteiger charge is -2.09. The van der Waals surface area contributed by atoms with Crippen molar-refractivity contribution in [2.75, 3.05) is 4.72 Å². The molecular weight excluding hydrogens is 312 g/mol. The monoisotopic (exact) mass is 328 g/mol. The normalized spacial score (nSPS) is 11.3. The number of hydrogen-bond donors (Lipinski definition) is 1. The van der Waals surface area contributed by atoms with Crippen molar-refractivity contribution in [1.82, 2.24) is 14.5 Å². The quantitative estimate of drug-likeness (QED) is 0.781. The number of aromatic nitrogens is 3. The van der Waals surface area contributed by atoms with Crippen LogP contribution in [-0.2, 0) is 15.8 Å². The fourth-order valence-corrected chi connectivity index (χ4v) is 3.40. The van der Waals surface area contributed by atoms with E-state index >= 15 is 0 Å². The third-order valence-corrected chi connectivity index (χ3v) is 4.55. The summed E-state index contributed by atoms with van der Waals surface area (Å²) in [5.74, 6) is 1.43. The summed E-state index contributed by atoms with van der Waals surface area (Å²) >= 11 is 0. The summed E-state index contributed by atoms with van der Waals surface area (Å²) in [5.41, 5.74) is 1.17. The Morgan fingerprint density at radius 3 is 2.48 bits per heavy atom. The fraction of sp³-hybridized carbons (Fsp3) is 0.125. The van der Waals surface area contributed by atoms with Crippen LogP contribution in [0.3, 0.4) is 0 Å². The standard InChI is InChI=1S/C16H16N4O2S/c1-13-17-9-10-20(13)16-8-7-15(11-18-16)19-23(21,22)12-14-5-3-2-4-6-14/h2-11,19H,12H2,1H3. The Morgan fingerprint density at radius 1 is 1.09 bits per heavy atom. The smallest absolute Gasteiger partial charge is 0.236 e. The molecule has 0 fully saturated rings. The van der Waals surface area contributed by atoms with Gasteiger partial charge >= 0.3 is 0 Å². The molecule has 0 aliphatic heterocycles. The van der Waals surface area contributed by atoms with Crippen molar-refractivity contribution in [2.24, 2.45) is 0 Å². The number of pyridine rings is 1. The summed E-state index contributed by atoms with van der Waals surface area (Å²) in [6.07, 6.45) is 4.99. The first kappa shape index (κ1) is 15.2. The van der Waals surface area contributed by atoms with E-state index in [2.05, 4.69) is 14.7 Å². The molecule has 2 heterocycles. The van der Waals surface area contributed by atoms with Crippen LogP contribution in [0.15, 0.2) is 61.1 Å². The summed E-state index contributed by atoms with van der Waals surface area (Å²) in [6, 6.07) is 12.5. The number of anilines is 1. The van der Waals surface area contributed by atoms with E-state index in [1.54, 1.807) is 36.7 Å². The Bertz CT molecular complexity index is 887. The zero-order valence-electron chi connectivity index (χ0n) is 12.5. The van der Waals surface area contributed by atoms with Crippen LogP contribution >= 0.6 is 0 Å². The van der Waals surface area contributed by atoms with E-state index in [1.165, 1.54) is 6.20 Å². The van der Waals surface area contributed by atoms with Crippen molar-refractivity contribution in [3.05, 3.63) is 72.4 Å². The number of rotatable bonds is 5. The molecule has 0 radical (unpaired) electrons. The predicted molar refractivity (Wildman–Crippen MR) is 88.8 cm³/mol. The zero-order chi connectivity index (χ0) is 16.3. The summed E-state index contributed by atoms with van der Waals surface area (Å²) in [6.45, 7) is 1.87. The molecule has 0 bridgehead atoms. The van der Waals surface area contributed by atoms with Crippen LogP contribution in [0.2, 0.25) is 0 Å². The highest BCUT2D eigenvalue weighted by Gasteiger charge is 2.12. The molecule has 0 atom stereocenters. The van der Waals surface area contributed by atoms with Gasteiger partial charge in [0.15, 0.2) is 0 Å². The second-order valence-corrected chi connectivity index (χ2v) is 6.82. The molecule has 0 saturated carbocycles. The molecule has 0 saturated heterocycles. The maximum atomic E-state index is 12.2. The molecule has 0 aliphatic rings. The van der Waals surface area contributed by atoms with Crippen molar-refractivity contribution in [3.63, 3.8) is 0 Å². The van der Waals surface area contributed by atoms with Crippen LogP contribution in [0, 0.1) is 6.92 Å². The van der Waals surface area contributed by atoms with Crippen molar-refractivity contribution < 1.29 is 8.42 Å². The van der Waals surface area contributed by atoms with Gasteiger partial charge in [-0.15, -0.1) is 0 Å². The Labute approximate surface area is 134 Å². The van der Waals surface area contributed by atoms with Gasteiger partial charge < -0.3 is 0 Å². The number of nitrogens with zero attached hydrogens (tertiary/aromatic N) is 3. The SMILES string of the molecule is Cc1nccn1-c1ccc(NS(=O)(=O)Cc2ccccc2)cn1. The number of benzene rings is 1. The first-order valence-corrected chi connectivity index (χ1v) is 8.69. The minimum absolute atomic E-state index is 0.0732. The lowest BCUT2D eigenvalue weighted by atomic mass is 10.2. The van der Waals surface area contributed by atoms with E-state index in [4.69, 9.17) is 0 Å². The van der Waals surface area contributed by atoms with Gasteiger partial charge in [-0.05, 0) is 24.6 Å². The molecule has 0 unspecified atom stereocenters. The number of hydrogen-bond acceptors (Lipinski definition) is 4. The van der Waals surface area contributed by atoms with Gasteiger partial charge in [0.2, 0.25) is 10.0 Å². The van der Waals surface area contributed by atoms with Gasteiger partial charge in [0, 0.05) is 12.4 Å². The first-order chi connectivity index (χ1) is 11.0. The highest BCUT2D eigenvalue weighted by Crippen LogP contribution is 2.14. The summed E-state index contributed by atoms with van der Waals surface area (Å²) < 4.78 is 28.7. The summed E-state index contributed by atoms with van der Waals surface area (Å²) in [7, 11) is -3.47. The molecule has 1 N–H and O–H groups in total. The number of sulfonamides is 1. The van der Waals surface area contributed by atoms with Gasteiger partial charge in [0.1, 0.15) is 11.6 Å². The van der Waals surface area contributed by atoms with Gasteiger partial charge in [-0.1, -0.05) is 30.3 Å². The molecule has 0 aliphatic carbocycles. The Balaban J connectivity index is 1.74. The van der Waals surface area contributed by atoms with E-state index in [1.807, 2.05) is 29.7 Å². The van der Waals surface area contributed by atoms with Gasteiger partial charge in [0.25, 0.3) is 0 Å². The lowest BCUT2D eigenvalue weighted by Crippen LogP contribution is -2.15. The highest BCUT2D eigenvalue weighted by molar-refractivity contribution is 7.91. The molecule has 0 spiro atoms. The van der Waals surface area contributed by atoms with Gasteiger partial charge in [-0.3, -0.25) is 9.29 Å². The van der Waals surface area contributed by atoms with Gasteiger partial charge in [-0.25, -0.2) is 18.4 Å². The minimum atomic E-state index is -3.47. The topological polar surface area (TPSA) is 76.9 Å². The highest BCUT2D eigenvalue weighted by atomic mass is 32.2. The molecule has 7 heteroatoms. The molecule has 3 rings (SSSR count). The Morgan fingerprint density at radius 2 is 1.87 bits per heavy atom. The molecule has 3 aromatic rings. The number of imidazole rings is 1. The van der Waals surface area contributed by atoms with E-state index in [9.17, 15) is 8.42 Å². The van der Waals surface area contributed by atoms with Crippen LogP contribution in [0.25, 0.3) is 5.82 Å². The lowest BCUT2D eigenvalue weighted by molar-refractivity contribution is 0.600. The van der Waals surface area contributed by atoms with Crippen LogP contribution in [0.1, 0.15) is 11.4 Å². The first-order valence-electron chi connectivity index (χ1n) is 7.04. The molecule has 6 nitrogen and oxygen atoms in total. The van der Waals surface area contributed by atoms with Crippen LogP contribution < -0.4 is 4.72 Å². The van der Waals surface area contributed by atoms with E-state index < -0.39 is 10.0 Å². The van der Waals surface area contributed by atoms with Gasteiger partial charge in [0.05, 0.1) is 17.6 Å². The number of nitrogens with one attached hydrogen (secondary N) is 1. The zero-order valence-corrected chi connectivity index (χ0v) is 13.4. The molecular formula is C16H16N4O2S. The second kappa shape index (κ2) is 6.21. The molecule has 118 valence electrons. The number of aryl methyl sites for hydroxylation is 1. The van der Waals surface area contributed by atoms with Crippen molar-refractivity contribution in [1.29, 1.82) is 0 Å². The fourth-order valence-electron chi connectivity index (χ4n) is 2.22. The Kier molecular flexibility index (Phi) is 4.12. The molecule has 23 heavy (non-hydrogen) atoms. The second-order valence-electron chi connectivity index (χ2n) is 5.10. The van der Waals surface area contributed by atoms with Crippen molar-refractivity contribution in [3.8, 4) is 5.82 Å². The molecule has 0 amide bonds. The van der Waals surface area contributed by atoms with E-state index in [0.717, 1.165) is 11.4 Å². The molecule has 2 aromatic heterocycles. The molecule has 1 aromatic carbocycles. The van der Waals surface area contributed by atoms with Crippen molar-refractivity contribution >= 4 is 15.7 Å². The maximum absolute atomic E-state index is 12.2.